The van der Waals surface area contributed by atoms with Gasteiger partial charge in [-0.15, -0.1) is 0 Å². The van der Waals surface area contributed by atoms with Crippen molar-refractivity contribution in [1.29, 1.82) is 0 Å². The lowest BCUT2D eigenvalue weighted by atomic mass is 10.1. The maximum atomic E-state index is 12.8. The van der Waals surface area contributed by atoms with E-state index in [1.807, 2.05) is 13.8 Å². The van der Waals surface area contributed by atoms with Crippen molar-refractivity contribution < 1.29 is 9.60 Å². The minimum absolute atomic E-state index is 0.122. The molecule has 0 saturated carbocycles. The molecule has 0 saturated heterocycles. The third-order valence-electron chi connectivity index (χ3n) is 2.67. The average molecular weight is 253 g/mol. The maximum Gasteiger partial charge on any atom is 0.140 e. The molecule has 0 aromatic heterocycles. The lowest BCUT2D eigenvalue weighted by Crippen LogP contribution is -2.38. The van der Waals surface area contributed by atoms with E-state index < -0.39 is 0 Å². The van der Waals surface area contributed by atoms with Crippen LogP contribution in [0.25, 0.3) is 0 Å². The zero-order valence-electron chi connectivity index (χ0n) is 10.7. The van der Waals surface area contributed by atoms with E-state index >= 15 is 0 Å². The molecule has 18 heavy (non-hydrogen) atoms. The molecule has 0 aliphatic heterocycles. The number of amidine groups is 1. The zero-order chi connectivity index (χ0) is 13.5. The van der Waals surface area contributed by atoms with Crippen LogP contribution in [0.15, 0.2) is 29.4 Å². The summed E-state index contributed by atoms with van der Waals surface area (Å²) in [5.74, 6) is -0.0105. The van der Waals surface area contributed by atoms with E-state index in [1.165, 1.54) is 12.1 Å². The highest BCUT2D eigenvalue weighted by molar-refractivity contribution is 5.80. The zero-order valence-corrected chi connectivity index (χ0v) is 10.7. The molecule has 0 radical (unpaired) electrons. The number of hydrogen-bond acceptors (Lipinski definition) is 3. The fraction of sp³-hybridized carbons (Fsp3) is 0.462. The molecule has 100 valence electrons. The summed E-state index contributed by atoms with van der Waals surface area (Å²) in [6, 6.07) is 6.83. The van der Waals surface area contributed by atoms with E-state index in [1.54, 1.807) is 12.1 Å². The van der Waals surface area contributed by atoms with E-state index in [9.17, 15) is 4.39 Å². The highest BCUT2D eigenvalue weighted by atomic mass is 19.1. The number of nitrogens with two attached hydrogens (primary N) is 1. The van der Waals surface area contributed by atoms with Crippen LogP contribution in [0.5, 0.6) is 0 Å². The molecule has 0 aliphatic rings. The quantitative estimate of drug-likeness (QED) is 0.314. The molecule has 0 amide bonds. The molecule has 0 aliphatic carbocycles. The minimum Gasteiger partial charge on any atom is -0.409 e. The monoisotopic (exact) mass is 253 g/mol. The molecule has 0 fully saturated rings. The van der Waals surface area contributed by atoms with Crippen LogP contribution >= 0.6 is 0 Å². The Morgan fingerprint density at radius 1 is 1.33 bits per heavy atom. The lowest BCUT2D eigenvalue weighted by molar-refractivity contribution is 0.315. The van der Waals surface area contributed by atoms with Gasteiger partial charge in [-0.3, -0.25) is 0 Å². The van der Waals surface area contributed by atoms with Crippen LogP contribution in [-0.4, -0.2) is 23.1 Å². The molecule has 1 aromatic rings. The van der Waals surface area contributed by atoms with E-state index in [2.05, 4.69) is 10.5 Å². The first-order valence-electron chi connectivity index (χ1n) is 5.98. The number of rotatable bonds is 6. The first-order valence-corrected chi connectivity index (χ1v) is 5.98. The van der Waals surface area contributed by atoms with Gasteiger partial charge in [-0.1, -0.05) is 17.3 Å². The van der Waals surface area contributed by atoms with Gasteiger partial charge < -0.3 is 16.3 Å². The number of hydrogen-bond donors (Lipinski definition) is 3. The predicted molar refractivity (Wildman–Crippen MR) is 70.2 cm³/mol. The largest absolute Gasteiger partial charge is 0.409 e. The summed E-state index contributed by atoms with van der Waals surface area (Å²) >= 11 is 0. The molecule has 2 atom stereocenters. The lowest BCUT2D eigenvalue weighted by Gasteiger charge is -2.19. The molecule has 5 heteroatoms. The Bertz CT molecular complexity index is 392. The summed E-state index contributed by atoms with van der Waals surface area (Å²) in [5, 5.41) is 14.8. The van der Waals surface area contributed by atoms with Gasteiger partial charge in [0.1, 0.15) is 11.7 Å². The summed E-state index contributed by atoms with van der Waals surface area (Å²) in [5.41, 5.74) is 6.51. The summed E-state index contributed by atoms with van der Waals surface area (Å²) in [6.45, 7) is 4.02. The maximum absolute atomic E-state index is 12.8. The molecule has 0 bridgehead atoms. The Morgan fingerprint density at radius 3 is 2.50 bits per heavy atom. The number of nitrogens with zero attached hydrogens (tertiary/aromatic N) is 1. The van der Waals surface area contributed by atoms with Crippen LogP contribution in [0.3, 0.4) is 0 Å². The van der Waals surface area contributed by atoms with Gasteiger partial charge in [-0.05, 0) is 38.0 Å². The van der Waals surface area contributed by atoms with Crippen molar-refractivity contribution in [3.63, 3.8) is 0 Å². The van der Waals surface area contributed by atoms with Crippen molar-refractivity contribution in [2.24, 2.45) is 10.9 Å². The standard InChI is InChI=1S/C13H20FN3O/c1-9(16-10(2)8-13(15)17-18)7-11-3-5-12(14)6-4-11/h3-6,9-10,16,18H,7-8H2,1-2H3,(H2,15,17). The molecule has 1 aromatic carbocycles. The SMILES string of the molecule is CC(CC(N)=NO)NC(C)Cc1ccc(F)cc1. The first-order chi connectivity index (χ1) is 8.51. The molecular weight excluding hydrogens is 233 g/mol. The van der Waals surface area contributed by atoms with Crippen molar-refractivity contribution >= 4 is 5.84 Å². The number of benzene rings is 1. The summed E-state index contributed by atoms with van der Waals surface area (Å²) in [4.78, 5) is 0. The van der Waals surface area contributed by atoms with Crippen molar-refractivity contribution in [1.82, 2.24) is 5.32 Å². The van der Waals surface area contributed by atoms with Crippen molar-refractivity contribution in [2.75, 3.05) is 0 Å². The summed E-state index contributed by atoms with van der Waals surface area (Å²) in [7, 11) is 0. The number of oxime groups is 1. The van der Waals surface area contributed by atoms with Crippen molar-refractivity contribution in [2.45, 2.75) is 38.8 Å². The highest BCUT2D eigenvalue weighted by Crippen LogP contribution is 2.06. The Balaban J connectivity index is 2.41. The van der Waals surface area contributed by atoms with Gasteiger partial charge >= 0.3 is 0 Å². The van der Waals surface area contributed by atoms with Gasteiger partial charge in [-0.2, -0.15) is 0 Å². The van der Waals surface area contributed by atoms with Gasteiger partial charge in [0.2, 0.25) is 0 Å². The Labute approximate surface area is 107 Å². The normalized spacial score (nSPS) is 15.4. The smallest absolute Gasteiger partial charge is 0.140 e. The molecule has 1 rings (SSSR count). The van der Waals surface area contributed by atoms with Crippen LogP contribution in [-0.2, 0) is 6.42 Å². The predicted octanol–water partition coefficient (Wildman–Crippen LogP) is 1.87. The molecular formula is C13H20FN3O. The van der Waals surface area contributed by atoms with E-state index in [0.29, 0.717) is 6.42 Å². The van der Waals surface area contributed by atoms with Crippen LogP contribution < -0.4 is 11.1 Å². The third kappa shape index (κ3) is 5.14. The van der Waals surface area contributed by atoms with Crippen LogP contribution in [0, 0.1) is 5.82 Å². The van der Waals surface area contributed by atoms with Crippen molar-refractivity contribution in [3.8, 4) is 0 Å². The Morgan fingerprint density at radius 2 is 1.94 bits per heavy atom. The molecule has 0 heterocycles. The van der Waals surface area contributed by atoms with Crippen LogP contribution in [0.2, 0.25) is 0 Å². The molecule has 4 N–H and O–H groups in total. The van der Waals surface area contributed by atoms with Gasteiger partial charge in [0.25, 0.3) is 0 Å². The Hall–Kier alpha value is -1.62. The first kappa shape index (κ1) is 14.4. The van der Waals surface area contributed by atoms with Crippen LogP contribution in [0.1, 0.15) is 25.8 Å². The van der Waals surface area contributed by atoms with Crippen molar-refractivity contribution in [3.05, 3.63) is 35.6 Å². The van der Waals surface area contributed by atoms with E-state index in [-0.39, 0.29) is 23.7 Å². The highest BCUT2D eigenvalue weighted by Gasteiger charge is 2.09. The Kier molecular flexibility index (Phi) is 5.58. The van der Waals surface area contributed by atoms with Crippen LogP contribution in [0.4, 0.5) is 4.39 Å². The molecule has 2 unspecified atom stereocenters. The number of halogens is 1. The van der Waals surface area contributed by atoms with Gasteiger partial charge in [-0.25, -0.2) is 4.39 Å². The van der Waals surface area contributed by atoms with Gasteiger partial charge in [0.15, 0.2) is 0 Å². The van der Waals surface area contributed by atoms with E-state index in [4.69, 9.17) is 10.9 Å². The van der Waals surface area contributed by atoms with E-state index in [0.717, 1.165) is 12.0 Å². The number of nitrogens with one attached hydrogen (secondary N) is 1. The third-order valence-corrected chi connectivity index (χ3v) is 2.67. The topological polar surface area (TPSA) is 70.6 Å². The second kappa shape index (κ2) is 6.96. The van der Waals surface area contributed by atoms with Gasteiger partial charge in [0, 0.05) is 18.5 Å². The molecule has 4 nitrogen and oxygen atoms in total. The second-order valence-electron chi connectivity index (χ2n) is 4.59. The molecule has 0 spiro atoms. The average Bonchev–Trinajstić information content (AvgIpc) is 2.31. The fourth-order valence-electron chi connectivity index (χ4n) is 1.93. The minimum atomic E-state index is -0.223. The summed E-state index contributed by atoms with van der Waals surface area (Å²) in [6.07, 6.45) is 1.30. The van der Waals surface area contributed by atoms with Gasteiger partial charge in [0.05, 0.1) is 0 Å². The summed E-state index contributed by atoms with van der Waals surface area (Å²) < 4.78 is 12.8. The fourth-order valence-corrected chi connectivity index (χ4v) is 1.93. The second-order valence-corrected chi connectivity index (χ2v) is 4.59.